The Morgan fingerprint density at radius 2 is 1.84 bits per heavy atom. The quantitative estimate of drug-likeness (QED) is 0.498. The molecule has 2 aromatic heterocycles. The third kappa shape index (κ3) is 6.25. The van der Waals surface area contributed by atoms with E-state index >= 15 is 0 Å². The Kier molecular flexibility index (Phi) is 6.91. The minimum atomic E-state index is -0.781. The SMILES string of the molecule is CN(C)Cc1nc(C(C)(C)NC(=O)Cc2ccc(NC(=O)c3ccc(Br)o3)cc2)no1. The maximum absolute atomic E-state index is 12.5. The molecule has 0 aliphatic rings. The Morgan fingerprint density at radius 1 is 1.13 bits per heavy atom. The summed E-state index contributed by atoms with van der Waals surface area (Å²) in [4.78, 5) is 31.0. The van der Waals surface area contributed by atoms with Crippen molar-refractivity contribution in [3.8, 4) is 0 Å². The van der Waals surface area contributed by atoms with Crippen molar-refractivity contribution >= 4 is 33.4 Å². The van der Waals surface area contributed by atoms with Crippen LogP contribution in [0.25, 0.3) is 0 Å². The number of carbonyl (C=O) groups is 2. The summed E-state index contributed by atoms with van der Waals surface area (Å²) in [6.45, 7) is 4.17. The lowest BCUT2D eigenvalue weighted by Gasteiger charge is -2.22. The number of aromatic nitrogens is 2. The van der Waals surface area contributed by atoms with Crippen molar-refractivity contribution in [1.82, 2.24) is 20.4 Å². The van der Waals surface area contributed by atoms with Gasteiger partial charge in [0.2, 0.25) is 11.8 Å². The van der Waals surface area contributed by atoms with Crippen molar-refractivity contribution in [2.45, 2.75) is 32.4 Å². The van der Waals surface area contributed by atoms with Crippen LogP contribution in [0.5, 0.6) is 0 Å². The van der Waals surface area contributed by atoms with Gasteiger partial charge in [0.05, 0.1) is 18.5 Å². The van der Waals surface area contributed by atoms with Crippen LogP contribution in [0.4, 0.5) is 5.69 Å². The maximum Gasteiger partial charge on any atom is 0.291 e. The van der Waals surface area contributed by atoms with Gasteiger partial charge in [-0.1, -0.05) is 17.3 Å². The van der Waals surface area contributed by atoms with Gasteiger partial charge in [-0.05, 0) is 73.7 Å². The monoisotopic (exact) mass is 489 g/mol. The van der Waals surface area contributed by atoms with Crippen molar-refractivity contribution in [2.75, 3.05) is 19.4 Å². The van der Waals surface area contributed by atoms with E-state index in [-0.39, 0.29) is 24.0 Å². The Hall–Kier alpha value is -2.98. The molecule has 0 fully saturated rings. The number of nitrogens with one attached hydrogen (secondary N) is 2. The largest absolute Gasteiger partial charge is 0.444 e. The van der Waals surface area contributed by atoms with Gasteiger partial charge in [0, 0.05) is 5.69 Å². The second kappa shape index (κ2) is 9.44. The third-order valence-corrected chi connectivity index (χ3v) is 4.73. The minimum Gasteiger partial charge on any atom is -0.444 e. The number of amides is 2. The Balaban J connectivity index is 1.56. The third-order valence-electron chi connectivity index (χ3n) is 4.30. The first-order chi connectivity index (χ1) is 14.6. The van der Waals surface area contributed by atoms with Crippen LogP contribution in [-0.4, -0.2) is 41.0 Å². The predicted octanol–water partition coefficient (Wildman–Crippen LogP) is 3.33. The van der Waals surface area contributed by atoms with Gasteiger partial charge in [0.15, 0.2) is 16.3 Å². The topological polar surface area (TPSA) is 114 Å². The van der Waals surface area contributed by atoms with Crippen molar-refractivity contribution < 1.29 is 18.5 Å². The van der Waals surface area contributed by atoms with Crippen LogP contribution in [0.2, 0.25) is 0 Å². The maximum atomic E-state index is 12.5. The molecule has 31 heavy (non-hydrogen) atoms. The molecule has 2 amide bonds. The highest BCUT2D eigenvalue weighted by Gasteiger charge is 2.28. The summed E-state index contributed by atoms with van der Waals surface area (Å²) in [5, 5.41) is 9.67. The van der Waals surface area contributed by atoms with Gasteiger partial charge in [-0.3, -0.25) is 9.59 Å². The molecule has 0 saturated carbocycles. The summed E-state index contributed by atoms with van der Waals surface area (Å²) in [5.41, 5.74) is 0.617. The van der Waals surface area contributed by atoms with E-state index in [1.165, 1.54) is 0 Å². The van der Waals surface area contributed by atoms with Gasteiger partial charge in [-0.25, -0.2) is 0 Å². The number of nitrogens with zero attached hydrogens (tertiary/aromatic N) is 3. The van der Waals surface area contributed by atoms with Gasteiger partial charge in [-0.2, -0.15) is 4.98 Å². The van der Waals surface area contributed by atoms with E-state index in [0.29, 0.717) is 28.6 Å². The molecule has 0 atom stereocenters. The fourth-order valence-electron chi connectivity index (χ4n) is 2.81. The Labute approximate surface area is 188 Å². The van der Waals surface area contributed by atoms with E-state index in [0.717, 1.165) is 5.56 Å². The van der Waals surface area contributed by atoms with Gasteiger partial charge in [0.1, 0.15) is 0 Å². The lowest BCUT2D eigenvalue weighted by atomic mass is 10.0. The number of rotatable bonds is 8. The van der Waals surface area contributed by atoms with E-state index < -0.39 is 5.54 Å². The average molecular weight is 490 g/mol. The van der Waals surface area contributed by atoms with Crippen LogP contribution in [0.15, 0.2) is 50.0 Å². The summed E-state index contributed by atoms with van der Waals surface area (Å²) in [6, 6.07) is 10.3. The van der Waals surface area contributed by atoms with Crippen molar-refractivity contribution in [2.24, 2.45) is 0 Å². The zero-order valence-electron chi connectivity index (χ0n) is 17.7. The summed E-state index contributed by atoms with van der Waals surface area (Å²) in [5.74, 6) is 0.572. The Morgan fingerprint density at radius 3 is 2.45 bits per heavy atom. The molecule has 3 aromatic rings. The molecule has 2 N–H and O–H groups in total. The molecule has 0 saturated heterocycles. The molecule has 0 spiro atoms. The fraction of sp³-hybridized carbons (Fsp3) is 0.333. The first-order valence-electron chi connectivity index (χ1n) is 9.57. The standard InChI is InChI=1S/C21H24BrN5O4/c1-21(2,20-24-18(31-26-20)12-27(3)4)25-17(28)11-13-5-7-14(8-6-13)23-19(29)15-9-10-16(22)30-15/h5-10H,11-12H2,1-4H3,(H,23,29)(H,25,28). The van der Waals surface area contributed by atoms with Crippen molar-refractivity contribution in [3.05, 3.63) is 64.1 Å². The number of anilines is 1. The minimum absolute atomic E-state index is 0.172. The van der Waals surface area contributed by atoms with Crippen LogP contribution in [0, 0.1) is 0 Å². The number of hydrogen-bond donors (Lipinski definition) is 2. The summed E-state index contributed by atoms with van der Waals surface area (Å²) < 4.78 is 11.0. The molecule has 0 radical (unpaired) electrons. The number of furan rings is 1. The van der Waals surface area contributed by atoms with Crippen LogP contribution in [0.3, 0.4) is 0 Å². The first kappa shape index (κ1) is 22.7. The molecule has 9 nitrogen and oxygen atoms in total. The van der Waals surface area contributed by atoms with Gasteiger partial charge in [0.25, 0.3) is 5.91 Å². The summed E-state index contributed by atoms with van der Waals surface area (Å²) in [7, 11) is 3.81. The number of halogens is 1. The van der Waals surface area contributed by atoms with Crippen LogP contribution >= 0.6 is 15.9 Å². The zero-order chi connectivity index (χ0) is 22.6. The zero-order valence-corrected chi connectivity index (χ0v) is 19.3. The molecule has 0 unspecified atom stereocenters. The fourth-order valence-corrected chi connectivity index (χ4v) is 3.12. The molecule has 1 aromatic carbocycles. The van der Waals surface area contributed by atoms with E-state index in [4.69, 9.17) is 8.94 Å². The molecule has 2 heterocycles. The van der Waals surface area contributed by atoms with Gasteiger partial charge < -0.3 is 24.5 Å². The highest BCUT2D eigenvalue weighted by atomic mass is 79.9. The second-order valence-corrected chi connectivity index (χ2v) is 8.64. The lowest BCUT2D eigenvalue weighted by molar-refractivity contribution is -0.122. The highest BCUT2D eigenvalue weighted by molar-refractivity contribution is 9.10. The van der Waals surface area contributed by atoms with E-state index in [9.17, 15) is 9.59 Å². The molecule has 0 aliphatic carbocycles. The van der Waals surface area contributed by atoms with Crippen LogP contribution < -0.4 is 10.6 Å². The molecular weight excluding hydrogens is 466 g/mol. The molecular formula is C21H24BrN5O4. The van der Waals surface area contributed by atoms with E-state index in [1.54, 1.807) is 36.4 Å². The lowest BCUT2D eigenvalue weighted by Crippen LogP contribution is -2.42. The smallest absolute Gasteiger partial charge is 0.291 e. The van der Waals surface area contributed by atoms with Gasteiger partial charge >= 0.3 is 0 Å². The highest BCUT2D eigenvalue weighted by Crippen LogP contribution is 2.19. The second-order valence-electron chi connectivity index (χ2n) is 7.85. The molecule has 3 rings (SSSR count). The van der Waals surface area contributed by atoms with E-state index in [2.05, 4.69) is 36.7 Å². The summed E-state index contributed by atoms with van der Waals surface area (Å²) >= 11 is 3.16. The number of benzene rings is 1. The number of hydrogen-bond acceptors (Lipinski definition) is 7. The molecule has 0 aliphatic heterocycles. The average Bonchev–Trinajstić information content (AvgIpc) is 3.32. The summed E-state index contributed by atoms with van der Waals surface area (Å²) in [6.07, 6.45) is 0.172. The van der Waals surface area contributed by atoms with Gasteiger partial charge in [-0.15, -0.1) is 0 Å². The van der Waals surface area contributed by atoms with E-state index in [1.807, 2.05) is 32.8 Å². The van der Waals surface area contributed by atoms with Crippen LogP contribution in [0.1, 0.15) is 41.7 Å². The van der Waals surface area contributed by atoms with Crippen LogP contribution in [-0.2, 0) is 23.3 Å². The molecule has 0 bridgehead atoms. The number of carbonyl (C=O) groups excluding carboxylic acids is 2. The predicted molar refractivity (Wildman–Crippen MR) is 117 cm³/mol. The first-order valence-corrected chi connectivity index (χ1v) is 10.4. The Bertz CT molecular complexity index is 1060. The molecule has 10 heteroatoms. The normalized spacial score (nSPS) is 11.5. The molecule has 164 valence electrons. The van der Waals surface area contributed by atoms with Crippen molar-refractivity contribution in [3.63, 3.8) is 0 Å². The van der Waals surface area contributed by atoms with Crippen molar-refractivity contribution in [1.29, 1.82) is 0 Å².